The van der Waals surface area contributed by atoms with Crippen LogP contribution >= 0.6 is 0 Å². The number of rotatable bonds is 6. The van der Waals surface area contributed by atoms with Crippen molar-refractivity contribution in [3.63, 3.8) is 0 Å². The average Bonchev–Trinajstić information content (AvgIpc) is 3.25. The second-order valence-corrected chi connectivity index (χ2v) is 5.68. The van der Waals surface area contributed by atoms with Crippen LogP contribution in [0.3, 0.4) is 0 Å². The molecule has 0 radical (unpaired) electrons. The van der Waals surface area contributed by atoms with Gasteiger partial charge in [0.05, 0.1) is 12.8 Å². The van der Waals surface area contributed by atoms with Gasteiger partial charge in [0.1, 0.15) is 5.75 Å². The van der Waals surface area contributed by atoms with Crippen molar-refractivity contribution >= 4 is 11.4 Å². The molecule has 0 aliphatic heterocycles. The third-order valence-electron chi connectivity index (χ3n) is 4.23. The molecular weight excluding hydrogens is 224 g/mol. The van der Waals surface area contributed by atoms with E-state index in [0.29, 0.717) is 5.69 Å². The Labute approximate surface area is 109 Å². The van der Waals surface area contributed by atoms with Crippen molar-refractivity contribution in [3.05, 3.63) is 18.2 Å². The Morgan fingerprint density at radius 3 is 2.50 bits per heavy atom. The summed E-state index contributed by atoms with van der Waals surface area (Å²) in [6, 6.07) is 5.94. The summed E-state index contributed by atoms with van der Waals surface area (Å²) in [6.07, 6.45) is 5.75. The van der Waals surface area contributed by atoms with Crippen molar-refractivity contribution in [1.29, 1.82) is 0 Å². The van der Waals surface area contributed by atoms with Crippen molar-refractivity contribution in [2.24, 2.45) is 17.8 Å². The maximum atomic E-state index is 5.82. The van der Waals surface area contributed by atoms with Crippen LogP contribution in [-0.2, 0) is 0 Å². The molecule has 3 heteroatoms. The first-order chi connectivity index (χ1) is 8.78. The van der Waals surface area contributed by atoms with Gasteiger partial charge in [0.25, 0.3) is 0 Å². The first kappa shape index (κ1) is 11.7. The van der Waals surface area contributed by atoms with Gasteiger partial charge in [-0.2, -0.15) is 0 Å². The Kier molecular flexibility index (Phi) is 3.06. The highest BCUT2D eigenvalue weighted by Gasteiger charge is 2.40. The molecule has 3 nitrogen and oxygen atoms in total. The van der Waals surface area contributed by atoms with E-state index in [-0.39, 0.29) is 0 Å². The van der Waals surface area contributed by atoms with E-state index in [1.165, 1.54) is 25.7 Å². The Hall–Kier alpha value is -1.38. The number of methoxy groups -OCH3 is 1. The summed E-state index contributed by atoms with van der Waals surface area (Å²) in [4.78, 5) is 0. The number of nitrogen functional groups attached to an aromatic ring is 1. The lowest BCUT2D eigenvalue weighted by molar-refractivity contribution is 0.416. The minimum atomic E-state index is 0.698. The molecule has 2 aliphatic carbocycles. The van der Waals surface area contributed by atoms with Gasteiger partial charge in [-0.3, -0.25) is 0 Å². The predicted octanol–water partition coefficient (Wildman–Crippen LogP) is 3.13. The summed E-state index contributed by atoms with van der Waals surface area (Å²) in [5, 5.41) is 3.55. The first-order valence-corrected chi connectivity index (χ1v) is 6.95. The molecule has 1 aromatic carbocycles. The van der Waals surface area contributed by atoms with Crippen molar-refractivity contribution in [1.82, 2.24) is 0 Å². The molecule has 0 unspecified atom stereocenters. The highest BCUT2D eigenvalue weighted by molar-refractivity contribution is 5.61. The molecule has 0 saturated heterocycles. The van der Waals surface area contributed by atoms with E-state index in [9.17, 15) is 0 Å². The van der Waals surface area contributed by atoms with Crippen LogP contribution in [-0.4, -0.2) is 13.7 Å². The van der Waals surface area contributed by atoms with Crippen LogP contribution in [0.25, 0.3) is 0 Å². The highest BCUT2D eigenvalue weighted by atomic mass is 16.5. The molecule has 18 heavy (non-hydrogen) atoms. The average molecular weight is 246 g/mol. The van der Waals surface area contributed by atoms with E-state index in [1.54, 1.807) is 7.11 Å². The Morgan fingerprint density at radius 2 is 1.94 bits per heavy atom. The molecule has 0 bridgehead atoms. The van der Waals surface area contributed by atoms with Crippen molar-refractivity contribution in [2.45, 2.75) is 25.7 Å². The van der Waals surface area contributed by atoms with Crippen molar-refractivity contribution in [3.8, 4) is 5.75 Å². The van der Waals surface area contributed by atoms with Crippen LogP contribution in [0.4, 0.5) is 11.4 Å². The van der Waals surface area contributed by atoms with Gasteiger partial charge >= 0.3 is 0 Å². The van der Waals surface area contributed by atoms with Gasteiger partial charge in [0, 0.05) is 18.3 Å². The molecular formula is C15H22N2O. The lowest BCUT2D eigenvalue weighted by Crippen LogP contribution is -2.18. The Balaban J connectivity index is 1.61. The largest absolute Gasteiger partial charge is 0.495 e. The van der Waals surface area contributed by atoms with E-state index in [0.717, 1.165) is 35.7 Å². The molecule has 0 spiro atoms. The van der Waals surface area contributed by atoms with Gasteiger partial charge in [-0.25, -0.2) is 0 Å². The number of anilines is 2. The van der Waals surface area contributed by atoms with E-state index in [2.05, 4.69) is 5.32 Å². The molecule has 2 saturated carbocycles. The van der Waals surface area contributed by atoms with Crippen molar-refractivity contribution in [2.75, 3.05) is 24.7 Å². The number of nitrogens with one attached hydrogen (secondary N) is 1. The maximum Gasteiger partial charge on any atom is 0.143 e. The summed E-state index contributed by atoms with van der Waals surface area (Å²) >= 11 is 0. The SMILES string of the molecule is COc1cc(NCC(C2CC2)C2CC2)ccc1N. The summed E-state index contributed by atoms with van der Waals surface area (Å²) in [7, 11) is 1.66. The normalized spacial score (nSPS) is 19.0. The standard InChI is InChI=1S/C15H22N2O/c1-18-15-8-12(6-7-14(15)16)17-9-13(10-2-3-10)11-4-5-11/h6-8,10-11,13,17H,2-5,9,16H2,1H3. The van der Waals surface area contributed by atoms with E-state index >= 15 is 0 Å². The number of nitrogens with two attached hydrogens (primary N) is 1. The van der Waals surface area contributed by atoms with Gasteiger partial charge in [0.15, 0.2) is 0 Å². The summed E-state index contributed by atoms with van der Waals surface area (Å²) < 4.78 is 5.25. The quantitative estimate of drug-likeness (QED) is 0.758. The number of hydrogen-bond donors (Lipinski definition) is 2. The van der Waals surface area contributed by atoms with Crippen LogP contribution in [0.5, 0.6) is 5.75 Å². The van der Waals surface area contributed by atoms with Gasteiger partial charge in [-0.05, 0) is 55.6 Å². The highest BCUT2D eigenvalue weighted by Crippen LogP contribution is 2.49. The monoisotopic (exact) mass is 246 g/mol. The molecule has 0 aromatic heterocycles. The molecule has 3 N–H and O–H groups in total. The molecule has 3 rings (SSSR count). The van der Waals surface area contributed by atoms with Crippen LogP contribution in [0, 0.1) is 17.8 Å². The topological polar surface area (TPSA) is 47.3 Å². The zero-order valence-corrected chi connectivity index (χ0v) is 11.0. The Bertz CT molecular complexity index is 413. The van der Waals surface area contributed by atoms with E-state index in [1.807, 2.05) is 18.2 Å². The molecule has 0 atom stereocenters. The molecule has 2 fully saturated rings. The van der Waals surface area contributed by atoms with Crippen LogP contribution < -0.4 is 15.8 Å². The van der Waals surface area contributed by atoms with Gasteiger partial charge in [0.2, 0.25) is 0 Å². The number of benzene rings is 1. The second-order valence-electron chi connectivity index (χ2n) is 5.68. The molecule has 2 aliphatic rings. The van der Waals surface area contributed by atoms with Gasteiger partial charge in [-0.1, -0.05) is 0 Å². The fraction of sp³-hybridized carbons (Fsp3) is 0.600. The number of ether oxygens (including phenoxy) is 1. The van der Waals surface area contributed by atoms with Crippen LogP contribution in [0.15, 0.2) is 18.2 Å². The Morgan fingerprint density at radius 1 is 1.28 bits per heavy atom. The molecule has 1 aromatic rings. The minimum absolute atomic E-state index is 0.698. The third kappa shape index (κ3) is 2.55. The summed E-state index contributed by atoms with van der Waals surface area (Å²) in [6.45, 7) is 1.10. The van der Waals surface area contributed by atoms with Crippen LogP contribution in [0.1, 0.15) is 25.7 Å². The van der Waals surface area contributed by atoms with Gasteiger partial charge < -0.3 is 15.8 Å². The van der Waals surface area contributed by atoms with Gasteiger partial charge in [-0.15, -0.1) is 0 Å². The summed E-state index contributed by atoms with van der Waals surface area (Å²) in [5.41, 5.74) is 7.64. The van der Waals surface area contributed by atoms with E-state index in [4.69, 9.17) is 10.5 Å². The predicted molar refractivity (Wildman–Crippen MR) is 74.8 cm³/mol. The second kappa shape index (κ2) is 4.71. The number of hydrogen-bond acceptors (Lipinski definition) is 3. The summed E-state index contributed by atoms with van der Waals surface area (Å²) in [5.74, 6) is 3.62. The smallest absolute Gasteiger partial charge is 0.143 e. The fourth-order valence-corrected chi connectivity index (χ4v) is 2.82. The van der Waals surface area contributed by atoms with Crippen molar-refractivity contribution < 1.29 is 4.74 Å². The zero-order valence-electron chi connectivity index (χ0n) is 11.0. The first-order valence-electron chi connectivity index (χ1n) is 6.95. The maximum absolute atomic E-state index is 5.82. The minimum Gasteiger partial charge on any atom is -0.495 e. The lowest BCUT2D eigenvalue weighted by atomic mass is 9.98. The molecule has 0 amide bonds. The lowest BCUT2D eigenvalue weighted by Gasteiger charge is -2.17. The zero-order chi connectivity index (χ0) is 12.5. The fourth-order valence-electron chi connectivity index (χ4n) is 2.82. The molecule has 98 valence electrons. The third-order valence-corrected chi connectivity index (χ3v) is 4.23. The van der Waals surface area contributed by atoms with E-state index < -0.39 is 0 Å². The molecule has 0 heterocycles. The van der Waals surface area contributed by atoms with Crippen LogP contribution in [0.2, 0.25) is 0 Å².